The normalized spacial score (nSPS) is 12.6. The van der Waals surface area contributed by atoms with Crippen LogP contribution in [0.1, 0.15) is 0 Å². The van der Waals surface area contributed by atoms with E-state index in [1.807, 2.05) is 60.7 Å². The summed E-state index contributed by atoms with van der Waals surface area (Å²) >= 11 is 0. The fourth-order valence-electron chi connectivity index (χ4n) is 6.77. The van der Waals surface area contributed by atoms with Gasteiger partial charge in [0.1, 0.15) is 0 Å². The van der Waals surface area contributed by atoms with Crippen LogP contribution in [0.2, 0.25) is 0 Å². The Bertz CT molecular complexity index is 2290. The average Bonchev–Trinajstić information content (AvgIpc) is 3.14. The van der Waals surface area contributed by atoms with E-state index in [9.17, 15) is 0 Å². The molecule has 0 heterocycles. The van der Waals surface area contributed by atoms with Crippen LogP contribution in [0, 0.1) is 0 Å². The zero-order valence-corrected chi connectivity index (χ0v) is 26.1. The maximum Gasteiger partial charge on any atom is 0.171 e. The first-order valence-corrected chi connectivity index (χ1v) is 17.3. The van der Waals surface area contributed by atoms with Gasteiger partial charge < -0.3 is 4.57 Å². The maximum atomic E-state index is 15.3. The highest BCUT2D eigenvalue weighted by Crippen LogP contribution is 2.46. The molecule has 0 saturated carbocycles. The lowest BCUT2D eigenvalue weighted by Gasteiger charge is -2.21. The molecule has 0 amide bonds. The van der Waals surface area contributed by atoms with Gasteiger partial charge in [-0.1, -0.05) is 188 Å². The molecule has 0 aliphatic heterocycles. The van der Waals surface area contributed by atoms with Gasteiger partial charge in [0.2, 0.25) is 0 Å². The second-order valence-corrected chi connectivity index (χ2v) is 14.4. The monoisotopic (exact) mass is 606 g/mol. The van der Waals surface area contributed by atoms with E-state index in [1.54, 1.807) is 0 Å². The molecule has 1 unspecified atom stereocenters. The lowest BCUT2D eigenvalue weighted by atomic mass is 9.86. The molecule has 46 heavy (non-hydrogen) atoms. The molecule has 0 radical (unpaired) electrons. The Balaban J connectivity index is 1.29. The summed E-state index contributed by atoms with van der Waals surface area (Å²) in [5.74, 6) is 0. The van der Waals surface area contributed by atoms with Crippen molar-refractivity contribution in [1.82, 2.24) is 0 Å². The lowest BCUT2D eigenvalue weighted by molar-refractivity contribution is 0.592. The minimum Gasteiger partial charge on any atom is -0.309 e. The van der Waals surface area contributed by atoms with Crippen molar-refractivity contribution < 1.29 is 4.57 Å². The van der Waals surface area contributed by atoms with Crippen LogP contribution in [-0.4, -0.2) is 0 Å². The summed E-state index contributed by atoms with van der Waals surface area (Å²) in [4.78, 5) is 0. The number of benzene rings is 8. The van der Waals surface area contributed by atoms with Gasteiger partial charge >= 0.3 is 0 Å². The van der Waals surface area contributed by atoms with Crippen molar-refractivity contribution in [3.63, 3.8) is 0 Å². The smallest absolute Gasteiger partial charge is 0.171 e. The number of rotatable bonds is 6. The Morgan fingerprint density at radius 1 is 0.261 bits per heavy atom. The number of hydrogen-bond acceptors (Lipinski definition) is 1. The molecule has 2 heteroatoms. The lowest BCUT2D eigenvalue weighted by Crippen LogP contribution is -2.24. The van der Waals surface area contributed by atoms with Crippen LogP contribution in [0.5, 0.6) is 0 Å². The van der Waals surface area contributed by atoms with Crippen LogP contribution in [0.4, 0.5) is 0 Å². The van der Waals surface area contributed by atoms with Gasteiger partial charge in [0.25, 0.3) is 0 Å². The summed E-state index contributed by atoms with van der Waals surface area (Å²) < 4.78 is 15.3. The van der Waals surface area contributed by atoms with Crippen LogP contribution in [-0.2, 0) is 4.57 Å². The van der Waals surface area contributed by atoms with Gasteiger partial charge in [0.05, 0.1) is 0 Å². The van der Waals surface area contributed by atoms with E-state index in [2.05, 4.69) is 127 Å². The molecule has 0 aliphatic carbocycles. The predicted octanol–water partition coefficient (Wildman–Crippen LogP) is 10.6. The standard InChI is InChI=1S/C44H31OP/c45-46(36-18-8-3-9-19-36,37-28-24-33(25-29-37)32-14-4-1-5-15-32)38-30-26-35(27-31-38)44-41-22-12-10-20-39(41)43(34-16-6-2-7-17-34)40-21-11-13-23-42(40)44/h1-31H. The fraction of sp³-hybridized carbons (Fsp3) is 0. The van der Waals surface area contributed by atoms with Gasteiger partial charge in [-0.3, -0.25) is 0 Å². The predicted molar refractivity (Wildman–Crippen MR) is 197 cm³/mol. The van der Waals surface area contributed by atoms with Crippen molar-refractivity contribution >= 4 is 44.6 Å². The van der Waals surface area contributed by atoms with Gasteiger partial charge in [0.15, 0.2) is 7.14 Å². The van der Waals surface area contributed by atoms with E-state index >= 15 is 4.57 Å². The number of fused-ring (bicyclic) bond motifs is 2. The molecule has 0 spiro atoms. The molecule has 0 aromatic heterocycles. The van der Waals surface area contributed by atoms with Crippen LogP contribution < -0.4 is 15.9 Å². The summed E-state index contributed by atoms with van der Waals surface area (Å²) in [5, 5.41) is 7.34. The molecule has 0 N–H and O–H groups in total. The van der Waals surface area contributed by atoms with Crippen molar-refractivity contribution in [3.05, 3.63) is 188 Å². The van der Waals surface area contributed by atoms with Crippen LogP contribution in [0.25, 0.3) is 54.9 Å². The zero-order chi connectivity index (χ0) is 30.9. The highest BCUT2D eigenvalue weighted by Gasteiger charge is 2.30. The molecule has 8 aromatic rings. The van der Waals surface area contributed by atoms with E-state index < -0.39 is 7.14 Å². The maximum absolute atomic E-state index is 15.3. The van der Waals surface area contributed by atoms with Gasteiger partial charge in [0, 0.05) is 15.9 Å². The molecule has 1 atom stereocenters. The summed E-state index contributed by atoms with van der Waals surface area (Å²) in [6.45, 7) is 0. The fourth-order valence-corrected chi connectivity index (χ4v) is 9.40. The third-order valence-electron chi connectivity index (χ3n) is 8.97. The number of hydrogen-bond donors (Lipinski definition) is 0. The van der Waals surface area contributed by atoms with Crippen molar-refractivity contribution in [3.8, 4) is 33.4 Å². The molecular weight excluding hydrogens is 575 g/mol. The summed E-state index contributed by atoms with van der Waals surface area (Å²) in [6.07, 6.45) is 0. The molecule has 0 aliphatic rings. The summed E-state index contributed by atoms with van der Waals surface area (Å²) in [7, 11) is -3.14. The van der Waals surface area contributed by atoms with Gasteiger partial charge in [-0.2, -0.15) is 0 Å². The van der Waals surface area contributed by atoms with E-state index in [0.29, 0.717) is 0 Å². The second-order valence-electron chi connectivity index (χ2n) is 11.6. The molecule has 8 aromatic carbocycles. The van der Waals surface area contributed by atoms with Gasteiger partial charge in [-0.15, -0.1) is 0 Å². The van der Waals surface area contributed by atoms with Crippen LogP contribution >= 0.6 is 7.14 Å². The minimum atomic E-state index is -3.14. The van der Waals surface area contributed by atoms with Crippen molar-refractivity contribution in [2.45, 2.75) is 0 Å². The molecule has 1 nitrogen and oxygen atoms in total. The Hall–Kier alpha value is -5.49. The topological polar surface area (TPSA) is 17.1 Å². The van der Waals surface area contributed by atoms with Crippen molar-refractivity contribution in [2.24, 2.45) is 0 Å². The third kappa shape index (κ3) is 4.78. The van der Waals surface area contributed by atoms with E-state index in [4.69, 9.17) is 0 Å². The highest BCUT2D eigenvalue weighted by molar-refractivity contribution is 7.85. The Labute approximate surface area is 269 Å². The Kier molecular flexibility index (Phi) is 7.18. The largest absolute Gasteiger partial charge is 0.309 e. The van der Waals surface area contributed by atoms with Crippen LogP contribution in [0.15, 0.2) is 188 Å². The average molecular weight is 607 g/mol. The molecule has 0 fully saturated rings. The quantitative estimate of drug-likeness (QED) is 0.136. The summed E-state index contributed by atoms with van der Waals surface area (Å²) in [6, 6.07) is 64.9. The second kappa shape index (κ2) is 11.8. The van der Waals surface area contributed by atoms with Crippen molar-refractivity contribution in [1.29, 1.82) is 0 Å². The summed E-state index contributed by atoms with van der Waals surface area (Å²) in [5.41, 5.74) is 7.01. The third-order valence-corrected chi connectivity index (χ3v) is 12.0. The van der Waals surface area contributed by atoms with Crippen molar-refractivity contribution in [2.75, 3.05) is 0 Å². The van der Waals surface area contributed by atoms with E-state index in [-0.39, 0.29) is 0 Å². The molecule has 8 rings (SSSR count). The molecule has 0 saturated heterocycles. The van der Waals surface area contributed by atoms with Crippen LogP contribution in [0.3, 0.4) is 0 Å². The zero-order valence-electron chi connectivity index (χ0n) is 25.3. The molecule has 218 valence electrons. The highest BCUT2D eigenvalue weighted by atomic mass is 31.2. The van der Waals surface area contributed by atoms with E-state index in [0.717, 1.165) is 32.6 Å². The molecular formula is C44H31OP. The van der Waals surface area contributed by atoms with Gasteiger partial charge in [-0.05, 0) is 54.9 Å². The molecule has 0 bridgehead atoms. The SMILES string of the molecule is O=P(c1ccccc1)(c1ccc(-c2ccccc2)cc1)c1ccc(-c2c3ccccc3c(-c3ccccc3)c3ccccc23)cc1. The first-order valence-electron chi connectivity index (χ1n) is 15.6. The van der Waals surface area contributed by atoms with E-state index in [1.165, 1.54) is 38.2 Å². The van der Waals surface area contributed by atoms with Gasteiger partial charge in [-0.25, -0.2) is 0 Å². The first kappa shape index (κ1) is 28.0. The minimum absolute atomic E-state index is 0.824. The Morgan fingerprint density at radius 3 is 0.978 bits per heavy atom. The first-order chi connectivity index (χ1) is 22.7. The Morgan fingerprint density at radius 2 is 0.543 bits per heavy atom.